The van der Waals surface area contributed by atoms with E-state index in [4.69, 9.17) is 21.4 Å². The van der Waals surface area contributed by atoms with Gasteiger partial charge in [0.05, 0.1) is 0 Å². The second kappa shape index (κ2) is 8.47. The van der Waals surface area contributed by atoms with Crippen LogP contribution in [0.15, 0.2) is 12.1 Å². The van der Waals surface area contributed by atoms with Gasteiger partial charge in [0, 0.05) is 17.4 Å². The molecule has 0 amide bonds. The molecule has 0 spiro atoms. The second-order valence-electron chi connectivity index (χ2n) is 10.2. The van der Waals surface area contributed by atoms with Crippen molar-refractivity contribution >= 4 is 25.6 Å². The zero-order valence-corrected chi connectivity index (χ0v) is 20.5. The van der Waals surface area contributed by atoms with Crippen LogP contribution in [0.4, 0.5) is 0 Å². The van der Waals surface area contributed by atoms with Crippen LogP contribution in [-0.4, -0.2) is 13.4 Å². The molecule has 0 N–H and O–H groups in total. The van der Waals surface area contributed by atoms with Crippen molar-refractivity contribution in [3.8, 4) is 11.5 Å². The fraction of sp³-hybridized carbons (Fsp3) is 0.708. The minimum absolute atomic E-state index is 0.175. The lowest BCUT2D eigenvalue weighted by Gasteiger charge is -2.41. The molecule has 0 bridgehead atoms. The van der Waals surface area contributed by atoms with Crippen molar-refractivity contribution in [3.63, 3.8) is 0 Å². The van der Waals surface area contributed by atoms with Crippen LogP contribution in [0.2, 0.25) is 18.1 Å². The molecule has 2 atom stereocenters. The summed E-state index contributed by atoms with van der Waals surface area (Å²) in [7, 11) is -1.93. The molecule has 1 aromatic carbocycles. The highest BCUT2D eigenvalue weighted by Crippen LogP contribution is 2.51. The number of fused-ring (bicyclic) bond motifs is 3. The molecule has 1 aliphatic carbocycles. The van der Waals surface area contributed by atoms with E-state index in [1.807, 2.05) is 0 Å². The minimum atomic E-state index is -1.93. The largest absolute Gasteiger partial charge is 0.543 e. The number of benzene rings is 1. The first kappa shape index (κ1) is 21.8. The van der Waals surface area contributed by atoms with Gasteiger partial charge in [-0.2, -0.15) is 0 Å². The zero-order valence-electron chi connectivity index (χ0n) is 18.7. The van der Waals surface area contributed by atoms with Crippen molar-refractivity contribution < 1.29 is 9.16 Å². The SMILES string of the molecule is CCCCCc1cc2c(c(O[Si](C)(C)C(C)(C)C)c1)C1CCCC[C@H]1C(=S)O2. The summed E-state index contributed by atoms with van der Waals surface area (Å²) in [5.41, 5.74) is 2.64. The fourth-order valence-electron chi connectivity index (χ4n) is 4.28. The molecule has 2 nitrogen and oxygen atoms in total. The molecule has 156 valence electrons. The summed E-state index contributed by atoms with van der Waals surface area (Å²) >= 11 is 5.69. The topological polar surface area (TPSA) is 18.5 Å². The Bertz CT molecular complexity index is 720. The zero-order chi connectivity index (χ0) is 20.5. The van der Waals surface area contributed by atoms with Crippen molar-refractivity contribution in [2.45, 2.75) is 103 Å². The normalized spacial score (nSPS) is 22.3. The summed E-state index contributed by atoms with van der Waals surface area (Å²) in [6, 6.07) is 4.58. The summed E-state index contributed by atoms with van der Waals surface area (Å²) in [5, 5.41) is 0.982. The Balaban J connectivity index is 2.03. The van der Waals surface area contributed by atoms with Crippen LogP contribution in [-0.2, 0) is 6.42 Å². The third kappa shape index (κ3) is 4.48. The van der Waals surface area contributed by atoms with E-state index in [0.29, 0.717) is 11.8 Å². The molecule has 0 aromatic heterocycles. The molecule has 28 heavy (non-hydrogen) atoms. The van der Waals surface area contributed by atoms with Crippen molar-refractivity contribution in [2.75, 3.05) is 0 Å². The maximum atomic E-state index is 6.91. The summed E-state index contributed by atoms with van der Waals surface area (Å²) < 4.78 is 13.2. The van der Waals surface area contributed by atoms with Gasteiger partial charge in [0.1, 0.15) is 11.5 Å². The van der Waals surface area contributed by atoms with Gasteiger partial charge in [-0.1, -0.05) is 53.4 Å². The Kier molecular flexibility index (Phi) is 6.60. The van der Waals surface area contributed by atoms with Crippen molar-refractivity contribution in [1.82, 2.24) is 0 Å². The number of rotatable bonds is 6. The molecule has 3 rings (SSSR count). The summed E-state index contributed by atoms with van der Waals surface area (Å²) in [4.78, 5) is 0. The Hall–Kier alpha value is -0.873. The number of ether oxygens (including phenoxy) is 1. The first-order valence-electron chi connectivity index (χ1n) is 11.2. The van der Waals surface area contributed by atoms with Crippen LogP contribution in [0, 0.1) is 5.92 Å². The molecule has 1 heterocycles. The Labute approximate surface area is 178 Å². The van der Waals surface area contributed by atoms with Crippen LogP contribution in [0.1, 0.15) is 89.7 Å². The van der Waals surface area contributed by atoms with E-state index in [1.165, 1.54) is 49.7 Å². The molecular weight excluding hydrogens is 380 g/mol. The predicted molar refractivity (Wildman–Crippen MR) is 125 cm³/mol. The van der Waals surface area contributed by atoms with E-state index in [0.717, 1.165) is 29.4 Å². The van der Waals surface area contributed by atoms with Gasteiger partial charge < -0.3 is 9.16 Å². The van der Waals surface area contributed by atoms with Gasteiger partial charge in [0.25, 0.3) is 0 Å². The van der Waals surface area contributed by atoms with Crippen LogP contribution in [0.3, 0.4) is 0 Å². The van der Waals surface area contributed by atoms with Gasteiger partial charge in [-0.05, 0) is 73.7 Å². The highest BCUT2D eigenvalue weighted by Gasteiger charge is 2.43. The molecule has 1 saturated carbocycles. The number of hydrogen-bond acceptors (Lipinski definition) is 3. The standard InChI is InChI=1S/C24H38O2SSi/c1-7-8-9-12-17-15-20-22(18-13-10-11-14-19(18)23(27)25-20)21(16-17)26-28(5,6)24(2,3)4/h15-16,18-19H,7-14H2,1-6H3/t18?,19-/m1/s1. The van der Waals surface area contributed by atoms with Crippen LogP contribution in [0.5, 0.6) is 11.5 Å². The van der Waals surface area contributed by atoms with Crippen molar-refractivity contribution in [2.24, 2.45) is 5.92 Å². The van der Waals surface area contributed by atoms with Crippen molar-refractivity contribution in [3.05, 3.63) is 23.3 Å². The maximum Gasteiger partial charge on any atom is 0.250 e. The molecular formula is C24H38O2SSi. The van der Waals surface area contributed by atoms with Gasteiger partial charge in [-0.3, -0.25) is 0 Å². The lowest BCUT2D eigenvalue weighted by Crippen LogP contribution is -2.44. The number of hydrogen-bond donors (Lipinski definition) is 0. The minimum Gasteiger partial charge on any atom is -0.543 e. The third-order valence-electron chi connectivity index (χ3n) is 7.05. The Morgan fingerprint density at radius 2 is 1.79 bits per heavy atom. The molecule has 1 aromatic rings. The average molecular weight is 419 g/mol. The highest BCUT2D eigenvalue weighted by atomic mass is 32.1. The smallest absolute Gasteiger partial charge is 0.250 e. The van der Waals surface area contributed by atoms with Crippen LogP contribution < -0.4 is 9.16 Å². The highest BCUT2D eigenvalue weighted by molar-refractivity contribution is 7.80. The van der Waals surface area contributed by atoms with E-state index >= 15 is 0 Å². The third-order valence-corrected chi connectivity index (χ3v) is 11.8. The first-order valence-corrected chi connectivity index (χ1v) is 14.5. The fourth-order valence-corrected chi connectivity index (χ4v) is 5.68. The van der Waals surface area contributed by atoms with Gasteiger partial charge in [0.2, 0.25) is 8.32 Å². The van der Waals surface area contributed by atoms with E-state index in [2.05, 4.69) is 52.9 Å². The number of thiocarbonyl (C=S) groups is 1. The quantitative estimate of drug-likeness (QED) is 0.267. The predicted octanol–water partition coefficient (Wildman–Crippen LogP) is 7.80. The van der Waals surface area contributed by atoms with Crippen LogP contribution >= 0.6 is 12.2 Å². The molecule has 0 radical (unpaired) electrons. The van der Waals surface area contributed by atoms with Crippen molar-refractivity contribution in [1.29, 1.82) is 0 Å². The summed E-state index contributed by atoms with van der Waals surface area (Å²) in [5.74, 6) is 2.92. The molecule has 1 fully saturated rings. The summed E-state index contributed by atoms with van der Waals surface area (Å²) in [6.45, 7) is 13.9. The van der Waals surface area contributed by atoms with Gasteiger partial charge >= 0.3 is 0 Å². The Morgan fingerprint density at radius 1 is 1.11 bits per heavy atom. The van der Waals surface area contributed by atoms with E-state index in [9.17, 15) is 0 Å². The molecule has 1 unspecified atom stereocenters. The van der Waals surface area contributed by atoms with Gasteiger partial charge in [-0.15, -0.1) is 0 Å². The maximum absolute atomic E-state index is 6.91. The monoisotopic (exact) mass is 418 g/mol. The first-order chi connectivity index (χ1) is 13.1. The van der Waals surface area contributed by atoms with Gasteiger partial charge in [-0.25, -0.2) is 0 Å². The second-order valence-corrected chi connectivity index (χ2v) is 15.4. The Morgan fingerprint density at radius 3 is 2.43 bits per heavy atom. The van der Waals surface area contributed by atoms with Crippen LogP contribution in [0.25, 0.3) is 0 Å². The lowest BCUT2D eigenvalue weighted by atomic mass is 9.73. The number of aryl methyl sites for hydroxylation is 1. The molecule has 4 heteroatoms. The lowest BCUT2D eigenvalue weighted by molar-refractivity contribution is 0.314. The summed E-state index contributed by atoms with van der Waals surface area (Å²) in [6.07, 6.45) is 9.69. The molecule has 1 aliphatic heterocycles. The molecule has 0 saturated heterocycles. The van der Waals surface area contributed by atoms with Gasteiger partial charge in [0.15, 0.2) is 5.05 Å². The molecule has 2 aliphatic rings. The number of unbranched alkanes of at least 4 members (excludes halogenated alkanes) is 2. The van der Waals surface area contributed by atoms with E-state index in [-0.39, 0.29) is 5.04 Å². The van der Waals surface area contributed by atoms with E-state index in [1.54, 1.807) is 0 Å². The van der Waals surface area contributed by atoms with E-state index < -0.39 is 8.32 Å². The average Bonchev–Trinajstić information content (AvgIpc) is 2.60.